The Hall–Kier alpha value is -2.14. The first kappa shape index (κ1) is 13.3. The molecule has 98 valence electrons. The Balaban J connectivity index is 1.88. The summed E-state index contributed by atoms with van der Waals surface area (Å²) in [4.78, 5) is 15.0. The maximum Gasteiger partial charge on any atom is 0.262 e. The van der Waals surface area contributed by atoms with Crippen LogP contribution in [0, 0.1) is 5.95 Å². The summed E-state index contributed by atoms with van der Waals surface area (Å²) in [5, 5.41) is 3.05. The molecule has 1 heterocycles. The Bertz CT molecular complexity index is 575. The van der Waals surface area contributed by atoms with Crippen molar-refractivity contribution in [3.8, 4) is 5.75 Å². The number of anilines is 1. The molecule has 0 aliphatic heterocycles. The van der Waals surface area contributed by atoms with Crippen LogP contribution in [0.1, 0.15) is 0 Å². The highest BCUT2D eigenvalue weighted by molar-refractivity contribution is 6.33. The molecule has 0 fully saturated rings. The van der Waals surface area contributed by atoms with Crippen molar-refractivity contribution in [3.05, 3.63) is 53.6 Å². The number of hydrogen-bond donors (Lipinski definition) is 1. The molecule has 0 unspecified atom stereocenters. The number of benzene rings is 1. The quantitative estimate of drug-likeness (QED) is 0.876. The number of nitrogens with one attached hydrogen (secondary N) is 1. The van der Waals surface area contributed by atoms with E-state index in [1.807, 2.05) is 0 Å². The molecule has 0 saturated carbocycles. The summed E-state index contributed by atoms with van der Waals surface area (Å²) in [5.74, 6) is -0.652. The number of hydrogen-bond acceptors (Lipinski definition) is 3. The van der Waals surface area contributed by atoms with Gasteiger partial charge in [0, 0.05) is 0 Å². The van der Waals surface area contributed by atoms with Gasteiger partial charge >= 0.3 is 0 Å². The zero-order chi connectivity index (χ0) is 13.7. The van der Waals surface area contributed by atoms with E-state index in [1.54, 1.807) is 24.3 Å². The molecule has 0 bridgehead atoms. The molecular weight excluding hydrogens is 271 g/mol. The van der Waals surface area contributed by atoms with Crippen molar-refractivity contribution in [2.75, 3.05) is 11.9 Å². The number of nitrogens with zero attached hydrogens (tertiary/aromatic N) is 1. The SMILES string of the molecule is O=C(COc1ccc(F)nc1)Nc1ccccc1Cl. The van der Waals surface area contributed by atoms with Crippen LogP contribution in [0.5, 0.6) is 5.75 Å². The first-order valence-electron chi connectivity index (χ1n) is 5.44. The number of halogens is 2. The standard InChI is InChI=1S/C13H10ClFN2O2/c14-10-3-1-2-4-11(10)17-13(18)8-19-9-5-6-12(15)16-7-9/h1-7H,8H2,(H,17,18). The minimum Gasteiger partial charge on any atom is -0.482 e. The van der Waals surface area contributed by atoms with Gasteiger partial charge in [-0.25, -0.2) is 4.98 Å². The van der Waals surface area contributed by atoms with Gasteiger partial charge in [0.15, 0.2) is 6.61 Å². The fourth-order valence-electron chi connectivity index (χ4n) is 1.35. The van der Waals surface area contributed by atoms with Gasteiger partial charge in [0.05, 0.1) is 16.9 Å². The van der Waals surface area contributed by atoms with Crippen LogP contribution in [0.2, 0.25) is 5.02 Å². The molecule has 0 saturated heterocycles. The number of ether oxygens (including phenoxy) is 1. The topological polar surface area (TPSA) is 51.2 Å². The minimum absolute atomic E-state index is 0.210. The molecule has 1 aromatic heterocycles. The van der Waals surface area contributed by atoms with E-state index in [1.165, 1.54) is 12.3 Å². The highest BCUT2D eigenvalue weighted by Gasteiger charge is 2.06. The fourth-order valence-corrected chi connectivity index (χ4v) is 1.53. The third kappa shape index (κ3) is 3.93. The van der Waals surface area contributed by atoms with Crippen molar-refractivity contribution < 1.29 is 13.9 Å². The average molecular weight is 281 g/mol. The summed E-state index contributed by atoms with van der Waals surface area (Å²) < 4.78 is 17.7. The molecule has 1 aromatic carbocycles. The van der Waals surface area contributed by atoms with Crippen LogP contribution in [-0.4, -0.2) is 17.5 Å². The first-order valence-corrected chi connectivity index (χ1v) is 5.81. The van der Waals surface area contributed by atoms with E-state index in [0.29, 0.717) is 16.5 Å². The average Bonchev–Trinajstić information content (AvgIpc) is 2.41. The lowest BCUT2D eigenvalue weighted by molar-refractivity contribution is -0.118. The van der Waals surface area contributed by atoms with E-state index in [9.17, 15) is 9.18 Å². The van der Waals surface area contributed by atoms with Crippen LogP contribution in [-0.2, 0) is 4.79 Å². The maximum atomic E-state index is 12.6. The molecule has 0 radical (unpaired) electrons. The Morgan fingerprint density at radius 3 is 2.79 bits per heavy atom. The number of rotatable bonds is 4. The van der Waals surface area contributed by atoms with Crippen LogP contribution in [0.3, 0.4) is 0 Å². The van der Waals surface area contributed by atoms with Gasteiger partial charge in [-0.3, -0.25) is 4.79 Å². The molecule has 0 aliphatic rings. The molecule has 4 nitrogen and oxygen atoms in total. The number of carbonyl (C=O) groups is 1. The van der Waals surface area contributed by atoms with Gasteiger partial charge in [0.25, 0.3) is 5.91 Å². The first-order chi connectivity index (χ1) is 9.15. The molecule has 0 atom stereocenters. The van der Waals surface area contributed by atoms with E-state index < -0.39 is 5.95 Å². The van der Waals surface area contributed by atoms with Gasteiger partial charge in [0.2, 0.25) is 5.95 Å². The number of para-hydroxylation sites is 1. The van der Waals surface area contributed by atoms with Crippen LogP contribution in [0.4, 0.5) is 10.1 Å². The molecule has 6 heteroatoms. The fraction of sp³-hybridized carbons (Fsp3) is 0.0769. The van der Waals surface area contributed by atoms with Crippen molar-refractivity contribution in [3.63, 3.8) is 0 Å². The van der Waals surface area contributed by atoms with Gasteiger partial charge in [0.1, 0.15) is 5.75 Å². The second-order valence-electron chi connectivity index (χ2n) is 3.63. The Labute approximate surface area is 114 Å². The van der Waals surface area contributed by atoms with E-state index in [4.69, 9.17) is 16.3 Å². The molecule has 1 N–H and O–H groups in total. The van der Waals surface area contributed by atoms with Gasteiger partial charge in [-0.15, -0.1) is 0 Å². The molecule has 2 rings (SSSR count). The number of aromatic nitrogens is 1. The number of carbonyl (C=O) groups excluding carboxylic acids is 1. The van der Waals surface area contributed by atoms with Crippen molar-refractivity contribution in [1.82, 2.24) is 4.98 Å². The van der Waals surface area contributed by atoms with E-state index >= 15 is 0 Å². The lowest BCUT2D eigenvalue weighted by Gasteiger charge is -2.08. The van der Waals surface area contributed by atoms with Crippen molar-refractivity contribution in [2.45, 2.75) is 0 Å². The van der Waals surface area contributed by atoms with Crippen molar-refractivity contribution in [2.24, 2.45) is 0 Å². The predicted molar refractivity (Wildman–Crippen MR) is 69.8 cm³/mol. The molecule has 19 heavy (non-hydrogen) atoms. The second-order valence-corrected chi connectivity index (χ2v) is 4.04. The second kappa shape index (κ2) is 6.15. The van der Waals surface area contributed by atoms with Crippen molar-refractivity contribution >= 4 is 23.2 Å². The van der Waals surface area contributed by atoms with Crippen molar-refractivity contribution in [1.29, 1.82) is 0 Å². The zero-order valence-electron chi connectivity index (χ0n) is 9.77. The van der Waals surface area contributed by atoms with Crippen LogP contribution in [0.25, 0.3) is 0 Å². The van der Waals surface area contributed by atoms with E-state index in [2.05, 4.69) is 10.3 Å². The summed E-state index contributed by atoms with van der Waals surface area (Å²) in [7, 11) is 0. The largest absolute Gasteiger partial charge is 0.482 e. The zero-order valence-corrected chi connectivity index (χ0v) is 10.5. The minimum atomic E-state index is -0.604. The summed E-state index contributed by atoms with van der Waals surface area (Å²) in [5.41, 5.74) is 0.509. The Kier molecular flexibility index (Phi) is 4.30. The van der Waals surface area contributed by atoms with Crippen LogP contribution >= 0.6 is 11.6 Å². The lowest BCUT2D eigenvalue weighted by atomic mass is 10.3. The summed E-state index contributed by atoms with van der Waals surface area (Å²) >= 11 is 5.90. The summed E-state index contributed by atoms with van der Waals surface area (Å²) in [6.07, 6.45) is 1.21. The van der Waals surface area contributed by atoms with E-state index in [-0.39, 0.29) is 12.5 Å². The summed E-state index contributed by atoms with van der Waals surface area (Å²) in [6.45, 7) is -0.210. The Morgan fingerprint density at radius 2 is 2.11 bits per heavy atom. The lowest BCUT2D eigenvalue weighted by Crippen LogP contribution is -2.20. The smallest absolute Gasteiger partial charge is 0.262 e. The third-order valence-corrected chi connectivity index (χ3v) is 2.55. The van der Waals surface area contributed by atoms with Gasteiger partial charge in [-0.05, 0) is 24.3 Å². The highest BCUT2D eigenvalue weighted by Crippen LogP contribution is 2.20. The molecule has 1 amide bonds. The van der Waals surface area contributed by atoms with Crippen LogP contribution in [0.15, 0.2) is 42.6 Å². The van der Waals surface area contributed by atoms with Gasteiger partial charge in [-0.2, -0.15) is 4.39 Å². The molecule has 2 aromatic rings. The van der Waals surface area contributed by atoms with Crippen LogP contribution < -0.4 is 10.1 Å². The molecule has 0 spiro atoms. The Morgan fingerprint density at radius 1 is 1.32 bits per heavy atom. The monoisotopic (exact) mass is 280 g/mol. The van der Waals surface area contributed by atoms with E-state index in [0.717, 1.165) is 6.07 Å². The molecular formula is C13H10ClFN2O2. The van der Waals surface area contributed by atoms with Gasteiger partial charge < -0.3 is 10.1 Å². The number of pyridine rings is 1. The summed E-state index contributed by atoms with van der Waals surface area (Å²) in [6, 6.07) is 9.42. The maximum absolute atomic E-state index is 12.6. The predicted octanol–water partition coefficient (Wildman–Crippen LogP) is 2.89. The van der Waals surface area contributed by atoms with Gasteiger partial charge in [-0.1, -0.05) is 23.7 Å². The third-order valence-electron chi connectivity index (χ3n) is 2.22. The molecule has 0 aliphatic carbocycles. The number of amides is 1. The highest BCUT2D eigenvalue weighted by atomic mass is 35.5. The normalized spacial score (nSPS) is 10.0.